The minimum atomic E-state index is -0.488. The lowest BCUT2D eigenvalue weighted by Crippen LogP contribution is -2.68. The van der Waals surface area contributed by atoms with Crippen LogP contribution in [0.5, 0.6) is 0 Å². The van der Waals surface area contributed by atoms with Crippen LogP contribution in [0.4, 0.5) is 0 Å². The Kier molecular flexibility index (Phi) is 3.42. The molecule has 4 nitrogen and oxygen atoms in total. The molecule has 4 heteroatoms. The van der Waals surface area contributed by atoms with Crippen molar-refractivity contribution >= 4 is 5.78 Å². The molecule has 4 fully saturated rings. The van der Waals surface area contributed by atoms with Crippen molar-refractivity contribution in [2.75, 3.05) is 6.61 Å². The molecular weight excluding hydrogens is 304 g/mol. The summed E-state index contributed by atoms with van der Waals surface area (Å²) in [6, 6.07) is 0. The van der Waals surface area contributed by atoms with E-state index in [4.69, 9.17) is 9.47 Å². The van der Waals surface area contributed by atoms with Crippen LogP contribution in [0.25, 0.3) is 0 Å². The molecule has 0 aromatic carbocycles. The van der Waals surface area contributed by atoms with E-state index in [1.54, 1.807) is 0 Å². The standard InChI is InChI=1S/C20H32O4/c1-17(2)14(22)7-8-18(3)13-6-9-19(4,15-11-23-15)24-20(13,5)10-12(21)16(17)18/h12-13,15-16,21H,6-11H2,1-5H3/t12-,13+,15+,16-,18+,19-,20+/m1/s1. The third-order valence-corrected chi connectivity index (χ3v) is 8.04. The summed E-state index contributed by atoms with van der Waals surface area (Å²) in [6.07, 6.45) is 3.94. The molecule has 0 bridgehead atoms. The van der Waals surface area contributed by atoms with E-state index in [-0.39, 0.29) is 28.6 Å². The molecule has 0 radical (unpaired) electrons. The Labute approximate surface area is 145 Å². The average molecular weight is 336 g/mol. The van der Waals surface area contributed by atoms with E-state index in [0.29, 0.717) is 24.5 Å². The van der Waals surface area contributed by atoms with Crippen LogP contribution in [-0.2, 0) is 14.3 Å². The number of carbonyl (C=O) groups is 1. The summed E-state index contributed by atoms with van der Waals surface area (Å²) < 4.78 is 12.2. The molecule has 0 aromatic heterocycles. The monoisotopic (exact) mass is 336 g/mol. The van der Waals surface area contributed by atoms with E-state index in [1.807, 2.05) is 13.8 Å². The molecule has 1 N–H and O–H groups in total. The number of Topliss-reactive ketones (excluding diaryl/α,β-unsaturated/α-hetero) is 1. The van der Waals surface area contributed by atoms with Crippen LogP contribution in [0.15, 0.2) is 0 Å². The Morgan fingerprint density at radius 1 is 1.08 bits per heavy atom. The van der Waals surface area contributed by atoms with Gasteiger partial charge in [-0.15, -0.1) is 0 Å². The number of ether oxygens (including phenoxy) is 2. The van der Waals surface area contributed by atoms with Crippen LogP contribution >= 0.6 is 0 Å². The van der Waals surface area contributed by atoms with Gasteiger partial charge in [0.25, 0.3) is 0 Å². The maximum atomic E-state index is 12.5. The average Bonchev–Trinajstić information content (AvgIpc) is 3.26. The highest BCUT2D eigenvalue weighted by molar-refractivity contribution is 5.85. The Bertz CT molecular complexity index is 568. The van der Waals surface area contributed by atoms with Gasteiger partial charge in [-0.1, -0.05) is 20.8 Å². The Hall–Kier alpha value is -0.450. The van der Waals surface area contributed by atoms with Crippen LogP contribution in [-0.4, -0.2) is 40.9 Å². The van der Waals surface area contributed by atoms with Gasteiger partial charge in [0.05, 0.1) is 23.9 Å². The normalized spacial score (nSPS) is 56.3. The van der Waals surface area contributed by atoms with Crippen molar-refractivity contribution in [1.29, 1.82) is 0 Å². The molecule has 7 atom stereocenters. The lowest BCUT2D eigenvalue weighted by molar-refractivity contribution is -0.286. The first-order chi connectivity index (χ1) is 11.0. The molecule has 2 saturated heterocycles. The van der Waals surface area contributed by atoms with Gasteiger partial charge in [-0.3, -0.25) is 4.79 Å². The van der Waals surface area contributed by atoms with Crippen LogP contribution in [0, 0.1) is 22.7 Å². The van der Waals surface area contributed by atoms with E-state index in [1.165, 1.54) is 0 Å². The number of rotatable bonds is 1. The van der Waals surface area contributed by atoms with Crippen LogP contribution < -0.4 is 0 Å². The zero-order valence-corrected chi connectivity index (χ0v) is 15.7. The first-order valence-corrected chi connectivity index (χ1v) is 9.56. The number of epoxide rings is 1. The van der Waals surface area contributed by atoms with E-state index in [2.05, 4.69) is 20.8 Å². The van der Waals surface area contributed by atoms with E-state index in [0.717, 1.165) is 25.9 Å². The maximum Gasteiger partial charge on any atom is 0.138 e. The second-order valence-electron chi connectivity index (χ2n) is 10.0. The second-order valence-corrected chi connectivity index (χ2v) is 10.0. The van der Waals surface area contributed by atoms with E-state index >= 15 is 0 Å². The van der Waals surface area contributed by atoms with Crippen LogP contribution in [0.1, 0.15) is 66.7 Å². The van der Waals surface area contributed by atoms with Crippen LogP contribution in [0.3, 0.4) is 0 Å². The largest absolute Gasteiger partial charge is 0.393 e. The number of hydrogen-bond acceptors (Lipinski definition) is 4. The zero-order chi connectivity index (χ0) is 17.5. The summed E-state index contributed by atoms with van der Waals surface area (Å²) >= 11 is 0. The lowest BCUT2D eigenvalue weighted by Gasteiger charge is -2.66. The number of fused-ring (bicyclic) bond motifs is 3. The quantitative estimate of drug-likeness (QED) is 0.748. The maximum absolute atomic E-state index is 12.5. The molecular formula is C20H32O4. The SMILES string of the molecule is CC1(C)C(=O)CC[C@]2(C)[C@@H]1[C@H](O)C[C@]1(C)O[C@@](C)([C@@H]3CO3)CC[C@@H]21. The molecule has 4 aliphatic rings. The van der Waals surface area contributed by atoms with Crippen LogP contribution in [0.2, 0.25) is 0 Å². The van der Waals surface area contributed by atoms with Crippen molar-refractivity contribution in [2.45, 2.75) is 90.1 Å². The van der Waals surface area contributed by atoms with Crippen molar-refractivity contribution in [3.05, 3.63) is 0 Å². The highest BCUT2D eigenvalue weighted by Crippen LogP contribution is 2.65. The fourth-order valence-electron chi connectivity index (χ4n) is 6.93. The van der Waals surface area contributed by atoms with Crippen molar-refractivity contribution in [1.82, 2.24) is 0 Å². The van der Waals surface area contributed by atoms with Crippen molar-refractivity contribution in [2.24, 2.45) is 22.7 Å². The van der Waals surface area contributed by atoms with Gasteiger partial charge in [0.2, 0.25) is 0 Å². The lowest BCUT2D eigenvalue weighted by atomic mass is 9.43. The fraction of sp³-hybridized carbons (Fsp3) is 0.950. The van der Waals surface area contributed by atoms with Gasteiger partial charge in [0.15, 0.2) is 0 Å². The van der Waals surface area contributed by atoms with Gasteiger partial charge in [-0.25, -0.2) is 0 Å². The van der Waals surface area contributed by atoms with Crippen molar-refractivity contribution in [3.8, 4) is 0 Å². The smallest absolute Gasteiger partial charge is 0.138 e. The molecule has 2 saturated carbocycles. The Morgan fingerprint density at radius 3 is 2.38 bits per heavy atom. The van der Waals surface area contributed by atoms with E-state index < -0.39 is 11.5 Å². The van der Waals surface area contributed by atoms with Crippen molar-refractivity contribution in [3.63, 3.8) is 0 Å². The van der Waals surface area contributed by atoms with Gasteiger partial charge in [0.1, 0.15) is 11.9 Å². The number of ketones is 1. The van der Waals surface area contributed by atoms with E-state index in [9.17, 15) is 9.90 Å². The third-order valence-electron chi connectivity index (χ3n) is 8.04. The summed E-state index contributed by atoms with van der Waals surface area (Å²) in [7, 11) is 0. The topological polar surface area (TPSA) is 59.1 Å². The molecule has 4 rings (SSSR count). The van der Waals surface area contributed by atoms with Gasteiger partial charge in [-0.05, 0) is 44.4 Å². The predicted octanol–water partition coefficient (Wildman–Crippen LogP) is 3.11. The minimum absolute atomic E-state index is 0.0226. The summed E-state index contributed by atoms with van der Waals surface area (Å²) in [5.41, 5.74) is -1.06. The first-order valence-electron chi connectivity index (χ1n) is 9.56. The zero-order valence-electron chi connectivity index (χ0n) is 15.7. The first kappa shape index (κ1) is 17.0. The van der Waals surface area contributed by atoms with Crippen molar-refractivity contribution < 1.29 is 19.4 Å². The Balaban J connectivity index is 1.71. The summed E-state index contributed by atoms with van der Waals surface area (Å²) in [4.78, 5) is 12.5. The van der Waals surface area contributed by atoms with Gasteiger partial charge < -0.3 is 14.6 Å². The third kappa shape index (κ3) is 2.12. The molecule has 0 spiro atoms. The summed E-state index contributed by atoms with van der Waals surface area (Å²) in [5, 5.41) is 11.1. The number of hydrogen-bond donors (Lipinski definition) is 1. The highest BCUT2D eigenvalue weighted by atomic mass is 16.6. The van der Waals surface area contributed by atoms with Gasteiger partial charge >= 0.3 is 0 Å². The molecule has 136 valence electrons. The van der Waals surface area contributed by atoms with Gasteiger partial charge in [0, 0.05) is 24.2 Å². The molecule has 2 aliphatic carbocycles. The molecule has 0 unspecified atom stereocenters. The molecule has 0 aromatic rings. The molecule has 2 heterocycles. The Morgan fingerprint density at radius 2 is 1.75 bits per heavy atom. The predicted molar refractivity (Wildman–Crippen MR) is 90.6 cm³/mol. The fourth-order valence-corrected chi connectivity index (χ4v) is 6.93. The minimum Gasteiger partial charge on any atom is -0.393 e. The number of aliphatic hydroxyl groups excluding tert-OH is 1. The summed E-state index contributed by atoms with van der Waals surface area (Å²) in [6.45, 7) is 11.5. The van der Waals surface area contributed by atoms with Gasteiger partial charge in [-0.2, -0.15) is 0 Å². The molecule has 2 aliphatic heterocycles. The summed E-state index contributed by atoms with van der Waals surface area (Å²) in [5.74, 6) is 0.715. The number of aliphatic hydroxyl groups is 1. The number of carbonyl (C=O) groups excluding carboxylic acids is 1. The second kappa shape index (κ2) is 4.83. The molecule has 0 amide bonds. The molecule has 24 heavy (non-hydrogen) atoms. The highest BCUT2D eigenvalue weighted by Gasteiger charge is 2.67.